The van der Waals surface area contributed by atoms with Gasteiger partial charge < -0.3 is 20.1 Å². The molecule has 2 aliphatic rings. The van der Waals surface area contributed by atoms with E-state index >= 15 is 0 Å². The molecule has 5 nitrogen and oxygen atoms in total. The number of anilines is 1. The van der Waals surface area contributed by atoms with E-state index in [4.69, 9.17) is 4.74 Å². The molecule has 21 heavy (non-hydrogen) atoms. The molecule has 1 saturated heterocycles. The van der Waals surface area contributed by atoms with Gasteiger partial charge in [0.1, 0.15) is 6.04 Å². The van der Waals surface area contributed by atoms with E-state index < -0.39 is 6.10 Å². The van der Waals surface area contributed by atoms with Crippen molar-refractivity contribution in [3.8, 4) is 0 Å². The van der Waals surface area contributed by atoms with Gasteiger partial charge in [-0.25, -0.2) is 0 Å². The highest BCUT2D eigenvalue weighted by Crippen LogP contribution is 2.24. The number of nitrogens with zero attached hydrogens (tertiary/aromatic N) is 1. The highest BCUT2D eigenvalue weighted by Gasteiger charge is 2.33. The molecule has 0 spiro atoms. The van der Waals surface area contributed by atoms with Crippen molar-refractivity contribution < 1.29 is 14.6 Å². The fourth-order valence-corrected chi connectivity index (χ4v) is 2.60. The molecule has 1 aromatic rings. The summed E-state index contributed by atoms with van der Waals surface area (Å²) >= 11 is 0. The fraction of sp³-hybridized carbons (Fsp3) is 0.562. The molecule has 114 valence electrons. The summed E-state index contributed by atoms with van der Waals surface area (Å²) in [6.45, 7) is 3.51. The molecule has 2 unspecified atom stereocenters. The second-order valence-electron chi connectivity index (χ2n) is 5.83. The van der Waals surface area contributed by atoms with Gasteiger partial charge in [0, 0.05) is 18.3 Å². The number of carbonyl (C=O) groups excluding carboxylic acids is 1. The van der Waals surface area contributed by atoms with Crippen molar-refractivity contribution in [3.05, 3.63) is 29.8 Å². The average Bonchev–Trinajstić information content (AvgIpc) is 3.31. The Balaban J connectivity index is 1.74. The van der Waals surface area contributed by atoms with Crippen molar-refractivity contribution in [1.29, 1.82) is 0 Å². The van der Waals surface area contributed by atoms with Gasteiger partial charge in [-0.15, -0.1) is 0 Å². The van der Waals surface area contributed by atoms with Crippen molar-refractivity contribution in [1.82, 2.24) is 5.32 Å². The van der Waals surface area contributed by atoms with Gasteiger partial charge in [0.2, 0.25) is 5.91 Å². The molecule has 1 amide bonds. The first-order valence-corrected chi connectivity index (χ1v) is 7.58. The van der Waals surface area contributed by atoms with Crippen LogP contribution in [0.25, 0.3) is 0 Å². The third-order valence-electron chi connectivity index (χ3n) is 4.06. The Morgan fingerprint density at radius 3 is 2.71 bits per heavy atom. The smallest absolute Gasteiger partial charge is 0.245 e. The lowest BCUT2D eigenvalue weighted by molar-refractivity contribution is -0.124. The van der Waals surface area contributed by atoms with E-state index in [2.05, 4.69) is 10.2 Å². The minimum Gasteiger partial charge on any atom is -0.389 e. The minimum atomic E-state index is -0.474. The molecule has 0 radical (unpaired) electrons. The summed E-state index contributed by atoms with van der Waals surface area (Å²) in [5.74, 6) is 0.0526. The van der Waals surface area contributed by atoms with Crippen LogP contribution in [0.4, 0.5) is 5.69 Å². The molecule has 1 aromatic carbocycles. The number of rotatable bonds is 4. The van der Waals surface area contributed by atoms with Gasteiger partial charge in [0.25, 0.3) is 0 Å². The number of hydrogen-bond donors (Lipinski definition) is 2. The van der Waals surface area contributed by atoms with Crippen molar-refractivity contribution in [2.45, 2.75) is 38.0 Å². The molecule has 1 aliphatic heterocycles. The second-order valence-corrected chi connectivity index (χ2v) is 5.83. The standard InChI is InChI=1S/C16H22N2O3/c1-11(19)12-2-6-14(7-3-12)18-8-9-21-10-15(18)16(20)17-13-4-5-13/h2-3,6-7,11,13,15,19H,4-5,8-10H2,1H3,(H,17,20). The van der Waals surface area contributed by atoms with Gasteiger partial charge in [-0.3, -0.25) is 4.79 Å². The van der Waals surface area contributed by atoms with Crippen LogP contribution in [0.5, 0.6) is 0 Å². The predicted octanol–water partition coefficient (Wildman–Crippen LogP) is 1.22. The van der Waals surface area contributed by atoms with Crippen LogP contribution >= 0.6 is 0 Å². The Labute approximate surface area is 124 Å². The Hall–Kier alpha value is -1.59. The lowest BCUT2D eigenvalue weighted by Crippen LogP contribution is -2.54. The number of carbonyl (C=O) groups is 1. The van der Waals surface area contributed by atoms with Crippen LogP contribution in [0, 0.1) is 0 Å². The van der Waals surface area contributed by atoms with Gasteiger partial charge in [0.15, 0.2) is 0 Å². The zero-order valence-electron chi connectivity index (χ0n) is 12.3. The van der Waals surface area contributed by atoms with E-state index in [-0.39, 0.29) is 11.9 Å². The zero-order chi connectivity index (χ0) is 14.8. The maximum atomic E-state index is 12.3. The molecular formula is C16H22N2O3. The Morgan fingerprint density at radius 2 is 2.10 bits per heavy atom. The minimum absolute atomic E-state index is 0.0526. The van der Waals surface area contributed by atoms with Crippen LogP contribution in [0.3, 0.4) is 0 Å². The summed E-state index contributed by atoms with van der Waals surface area (Å²) in [4.78, 5) is 14.4. The van der Waals surface area contributed by atoms with Gasteiger partial charge >= 0.3 is 0 Å². The van der Waals surface area contributed by atoms with Gasteiger partial charge in [-0.2, -0.15) is 0 Å². The molecule has 0 aromatic heterocycles. The number of amides is 1. The van der Waals surface area contributed by atoms with Gasteiger partial charge in [-0.05, 0) is 37.5 Å². The topological polar surface area (TPSA) is 61.8 Å². The van der Waals surface area contributed by atoms with Crippen LogP contribution in [0.1, 0.15) is 31.4 Å². The number of nitrogens with one attached hydrogen (secondary N) is 1. The number of hydrogen-bond acceptors (Lipinski definition) is 4. The molecule has 2 N–H and O–H groups in total. The van der Waals surface area contributed by atoms with Gasteiger partial charge in [-0.1, -0.05) is 12.1 Å². The molecule has 1 saturated carbocycles. The van der Waals surface area contributed by atoms with Crippen molar-refractivity contribution in [2.24, 2.45) is 0 Å². The molecule has 2 atom stereocenters. The molecule has 1 heterocycles. The van der Waals surface area contributed by atoms with Crippen LogP contribution in [-0.2, 0) is 9.53 Å². The zero-order valence-corrected chi connectivity index (χ0v) is 12.3. The number of morpholine rings is 1. The molecule has 5 heteroatoms. The van der Waals surface area contributed by atoms with Crippen LogP contribution < -0.4 is 10.2 Å². The molecule has 2 fully saturated rings. The SMILES string of the molecule is CC(O)c1ccc(N2CCOCC2C(=O)NC2CC2)cc1. The lowest BCUT2D eigenvalue weighted by atomic mass is 10.1. The predicted molar refractivity (Wildman–Crippen MR) is 80.2 cm³/mol. The number of aliphatic hydroxyl groups excluding tert-OH is 1. The summed E-state index contributed by atoms with van der Waals surface area (Å²) in [6, 6.07) is 7.84. The van der Waals surface area contributed by atoms with Crippen LogP contribution in [-0.4, -0.2) is 42.9 Å². The lowest BCUT2D eigenvalue weighted by Gasteiger charge is -2.36. The van der Waals surface area contributed by atoms with E-state index in [9.17, 15) is 9.90 Å². The normalized spacial score (nSPS) is 23.7. The summed E-state index contributed by atoms with van der Waals surface area (Å²) in [5.41, 5.74) is 1.88. The van der Waals surface area contributed by atoms with Crippen molar-refractivity contribution in [3.63, 3.8) is 0 Å². The fourth-order valence-electron chi connectivity index (χ4n) is 2.60. The van der Waals surface area contributed by atoms with E-state index in [0.717, 1.165) is 24.1 Å². The van der Waals surface area contributed by atoms with Crippen molar-refractivity contribution in [2.75, 3.05) is 24.7 Å². The summed E-state index contributed by atoms with van der Waals surface area (Å²) in [7, 11) is 0. The molecule has 3 rings (SSSR count). The first-order valence-electron chi connectivity index (χ1n) is 7.58. The largest absolute Gasteiger partial charge is 0.389 e. The highest BCUT2D eigenvalue weighted by atomic mass is 16.5. The van der Waals surface area contributed by atoms with E-state index in [1.165, 1.54) is 0 Å². The molecule has 1 aliphatic carbocycles. The van der Waals surface area contributed by atoms with Crippen LogP contribution in [0.2, 0.25) is 0 Å². The average molecular weight is 290 g/mol. The third kappa shape index (κ3) is 3.36. The van der Waals surface area contributed by atoms with E-state index in [0.29, 0.717) is 25.8 Å². The first-order chi connectivity index (χ1) is 10.1. The van der Waals surface area contributed by atoms with E-state index in [1.807, 2.05) is 24.3 Å². The number of aliphatic hydroxyl groups is 1. The maximum absolute atomic E-state index is 12.3. The monoisotopic (exact) mass is 290 g/mol. The van der Waals surface area contributed by atoms with Gasteiger partial charge in [0.05, 0.1) is 19.3 Å². The Kier molecular flexibility index (Phi) is 4.12. The number of ether oxygens (including phenoxy) is 1. The highest BCUT2D eigenvalue weighted by molar-refractivity contribution is 5.86. The number of benzene rings is 1. The van der Waals surface area contributed by atoms with Crippen molar-refractivity contribution >= 4 is 11.6 Å². The Bertz CT molecular complexity index is 497. The van der Waals surface area contributed by atoms with Crippen LogP contribution in [0.15, 0.2) is 24.3 Å². The second kappa shape index (κ2) is 6.03. The third-order valence-corrected chi connectivity index (χ3v) is 4.06. The van der Waals surface area contributed by atoms with E-state index in [1.54, 1.807) is 6.92 Å². The summed E-state index contributed by atoms with van der Waals surface area (Å²) in [6.07, 6.45) is 1.70. The first kappa shape index (κ1) is 14.4. The Morgan fingerprint density at radius 1 is 1.38 bits per heavy atom. The molecule has 0 bridgehead atoms. The summed E-state index contributed by atoms with van der Waals surface area (Å²) in [5, 5.41) is 12.6. The summed E-state index contributed by atoms with van der Waals surface area (Å²) < 4.78 is 5.48. The molecular weight excluding hydrogens is 268 g/mol. The maximum Gasteiger partial charge on any atom is 0.245 e. The quantitative estimate of drug-likeness (QED) is 0.875.